The van der Waals surface area contributed by atoms with Gasteiger partial charge in [-0.1, -0.05) is 0 Å². The van der Waals surface area contributed by atoms with E-state index in [1.807, 2.05) is 6.92 Å². The first-order chi connectivity index (χ1) is 17.9. The van der Waals surface area contributed by atoms with E-state index in [2.05, 4.69) is 35.3 Å². The highest BCUT2D eigenvalue weighted by Crippen LogP contribution is 2.33. The fraction of sp³-hybridized carbons (Fsp3) is 0.458. The number of thiazole rings is 1. The zero-order valence-electron chi connectivity index (χ0n) is 20.4. The van der Waals surface area contributed by atoms with Gasteiger partial charge in [0.05, 0.1) is 46.6 Å². The molecule has 11 nitrogen and oxygen atoms in total. The Labute approximate surface area is 219 Å². The van der Waals surface area contributed by atoms with E-state index >= 15 is 0 Å². The molecule has 13 heteroatoms. The molecule has 1 saturated heterocycles. The molecule has 1 amide bonds. The van der Waals surface area contributed by atoms with Crippen molar-refractivity contribution in [1.82, 2.24) is 30.6 Å². The van der Waals surface area contributed by atoms with Crippen LogP contribution >= 0.6 is 11.3 Å². The van der Waals surface area contributed by atoms with Crippen LogP contribution in [0, 0.1) is 5.92 Å². The van der Waals surface area contributed by atoms with Crippen LogP contribution < -0.4 is 20.1 Å². The highest BCUT2D eigenvalue weighted by atomic mass is 32.2. The van der Waals surface area contributed by atoms with Gasteiger partial charge in [-0.15, -0.1) is 11.3 Å². The van der Waals surface area contributed by atoms with Crippen LogP contribution in [-0.2, 0) is 10.0 Å². The maximum absolute atomic E-state index is 13.3. The molecule has 5 rings (SSSR count). The van der Waals surface area contributed by atoms with Crippen LogP contribution in [0.15, 0.2) is 36.9 Å². The second-order valence-electron chi connectivity index (χ2n) is 9.06. The molecular weight excluding hydrogens is 514 g/mol. The number of anilines is 1. The van der Waals surface area contributed by atoms with Crippen molar-refractivity contribution < 1.29 is 17.9 Å². The molecule has 0 bridgehead atoms. The molecule has 196 valence electrons. The van der Waals surface area contributed by atoms with Crippen LogP contribution in [-0.4, -0.2) is 59.2 Å². The van der Waals surface area contributed by atoms with Crippen LogP contribution in [0.1, 0.15) is 54.1 Å². The van der Waals surface area contributed by atoms with E-state index in [4.69, 9.17) is 4.74 Å². The number of nitrogens with zero attached hydrogens (tertiary/aromatic N) is 4. The van der Waals surface area contributed by atoms with Crippen molar-refractivity contribution in [1.29, 1.82) is 0 Å². The normalized spacial score (nSPS) is 17.2. The quantitative estimate of drug-likeness (QED) is 0.351. The van der Waals surface area contributed by atoms with Crippen LogP contribution in [0.25, 0.3) is 10.6 Å². The van der Waals surface area contributed by atoms with Gasteiger partial charge in [0, 0.05) is 12.4 Å². The Bertz CT molecular complexity index is 1350. The first-order valence-corrected chi connectivity index (χ1v) is 14.7. The van der Waals surface area contributed by atoms with E-state index in [0.717, 1.165) is 25.9 Å². The third-order valence-corrected chi connectivity index (χ3v) is 9.21. The average molecular weight is 544 g/mol. The minimum atomic E-state index is -3.41. The molecule has 1 aliphatic carbocycles. The highest BCUT2D eigenvalue weighted by molar-refractivity contribution is 7.93. The molecule has 0 radical (unpaired) electrons. The van der Waals surface area contributed by atoms with Crippen LogP contribution in [0.2, 0.25) is 0 Å². The Morgan fingerprint density at radius 1 is 1.19 bits per heavy atom. The molecule has 3 aromatic heterocycles. The van der Waals surface area contributed by atoms with Gasteiger partial charge in [-0.2, -0.15) is 0 Å². The number of carbonyl (C=O) groups is 1. The molecule has 2 aliphatic rings. The SMILES string of the molecule is CCOc1cncc(-c2cnc(C(=O)NC(c3cc(NS(=O)(=O)C4CC4)ccn3)C3CCNCC3)s2)n1. The zero-order chi connectivity index (χ0) is 25.8. The van der Waals surface area contributed by atoms with E-state index in [0.29, 0.717) is 52.3 Å². The number of sulfonamides is 1. The molecule has 37 heavy (non-hydrogen) atoms. The number of hydrogen-bond donors (Lipinski definition) is 3. The maximum atomic E-state index is 13.3. The van der Waals surface area contributed by atoms with Crippen molar-refractivity contribution in [2.75, 3.05) is 24.4 Å². The average Bonchev–Trinajstić information content (AvgIpc) is 3.66. The first-order valence-electron chi connectivity index (χ1n) is 12.3. The standard InChI is InChI=1S/C24H29N7O4S2/c1-2-35-21-14-26-12-19(29-21)20-13-28-24(36-20)23(32)30-22(15-5-8-25-9-6-15)18-11-16(7-10-27-18)31-37(33,34)17-3-4-17/h7,10-15,17,22,25H,2-6,8-9H2,1H3,(H,27,31)(H,30,32). The Balaban J connectivity index is 1.36. The summed E-state index contributed by atoms with van der Waals surface area (Å²) in [5, 5.41) is 6.43. The summed E-state index contributed by atoms with van der Waals surface area (Å²) in [6, 6.07) is 2.96. The van der Waals surface area contributed by atoms with E-state index in [-0.39, 0.29) is 17.1 Å². The Morgan fingerprint density at radius 2 is 2.00 bits per heavy atom. The first kappa shape index (κ1) is 25.5. The smallest absolute Gasteiger partial charge is 0.280 e. The molecule has 3 N–H and O–H groups in total. The molecule has 3 aromatic rings. The molecule has 1 atom stereocenters. The Kier molecular flexibility index (Phi) is 7.63. The van der Waals surface area contributed by atoms with E-state index in [1.54, 1.807) is 30.7 Å². The fourth-order valence-corrected chi connectivity index (χ4v) is 6.46. The summed E-state index contributed by atoms with van der Waals surface area (Å²) in [5.74, 6) is 0.231. The lowest BCUT2D eigenvalue weighted by Gasteiger charge is -2.31. The maximum Gasteiger partial charge on any atom is 0.280 e. The van der Waals surface area contributed by atoms with Gasteiger partial charge >= 0.3 is 0 Å². The molecule has 1 saturated carbocycles. The van der Waals surface area contributed by atoms with Crippen molar-refractivity contribution >= 4 is 33.0 Å². The molecule has 1 aliphatic heterocycles. The van der Waals surface area contributed by atoms with E-state index < -0.39 is 16.1 Å². The minimum absolute atomic E-state index is 0.140. The summed E-state index contributed by atoms with van der Waals surface area (Å²) < 4.78 is 33.0. The predicted octanol–water partition coefficient (Wildman–Crippen LogP) is 2.77. The number of pyridine rings is 1. The Hall–Kier alpha value is -3.16. The predicted molar refractivity (Wildman–Crippen MR) is 140 cm³/mol. The number of ether oxygens (including phenoxy) is 1. The van der Waals surface area contributed by atoms with Gasteiger partial charge < -0.3 is 15.4 Å². The van der Waals surface area contributed by atoms with E-state index in [9.17, 15) is 13.2 Å². The summed E-state index contributed by atoms with van der Waals surface area (Å²) in [6.07, 6.45) is 9.39. The van der Waals surface area contributed by atoms with Gasteiger partial charge in [-0.3, -0.25) is 19.5 Å². The number of carbonyl (C=O) groups excluding carboxylic acids is 1. The lowest BCUT2D eigenvalue weighted by atomic mass is 9.88. The molecule has 4 heterocycles. The van der Waals surface area contributed by atoms with Crippen LogP contribution in [0.4, 0.5) is 5.69 Å². The largest absolute Gasteiger partial charge is 0.477 e. The number of rotatable bonds is 10. The van der Waals surface area contributed by atoms with Crippen molar-refractivity contribution in [3.63, 3.8) is 0 Å². The zero-order valence-corrected chi connectivity index (χ0v) is 22.0. The van der Waals surface area contributed by atoms with Gasteiger partial charge in [-0.05, 0) is 63.7 Å². The minimum Gasteiger partial charge on any atom is -0.477 e. The Morgan fingerprint density at radius 3 is 2.76 bits per heavy atom. The number of nitrogens with one attached hydrogen (secondary N) is 3. The molecule has 0 spiro atoms. The third-order valence-electron chi connectivity index (χ3n) is 6.32. The van der Waals surface area contributed by atoms with Gasteiger partial charge in [0.1, 0.15) is 5.69 Å². The molecule has 2 fully saturated rings. The van der Waals surface area contributed by atoms with Gasteiger partial charge in [0.2, 0.25) is 15.9 Å². The lowest BCUT2D eigenvalue weighted by Crippen LogP contribution is -2.39. The second-order valence-corrected chi connectivity index (χ2v) is 12.1. The summed E-state index contributed by atoms with van der Waals surface area (Å²) in [5.41, 5.74) is 1.65. The van der Waals surface area contributed by atoms with Crippen molar-refractivity contribution in [2.45, 2.75) is 43.9 Å². The third kappa shape index (κ3) is 6.22. The summed E-state index contributed by atoms with van der Waals surface area (Å²) in [4.78, 5) is 31.4. The van der Waals surface area contributed by atoms with Crippen LogP contribution in [0.5, 0.6) is 5.88 Å². The molecule has 1 unspecified atom stereocenters. The topological polar surface area (TPSA) is 148 Å². The van der Waals surface area contributed by atoms with E-state index in [1.165, 1.54) is 17.5 Å². The van der Waals surface area contributed by atoms with Crippen molar-refractivity contribution in [3.8, 4) is 16.5 Å². The number of aromatic nitrogens is 4. The molecular formula is C24H29N7O4S2. The summed E-state index contributed by atoms with van der Waals surface area (Å²) >= 11 is 1.22. The number of hydrogen-bond acceptors (Lipinski definition) is 10. The van der Waals surface area contributed by atoms with Gasteiger partial charge in [0.15, 0.2) is 5.01 Å². The monoisotopic (exact) mass is 543 g/mol. The summed E-state index contributed by atoms with van der Waals surface area (Å²) in [6.45, 7) is 4.02. The summed E-state index contributed by atoms with van der Waals surface area (Å²) in [7, 11) is -3.41. The number of piperidine rings is 1. The van der Waals surface area contributed by atoms with Crippen LogP contribution in [0.3, 0.4) is 0 Å². The number of amides is 1. The lowest BCUT2D eigenvalue weighted by molar-refractivity contribution is 0.0912. The van der Waals surface area contributed by atoms with Crippen molar-refractivity contribution in [2.24, 2.45) is 5.92 Å². The highest BCUT2D eigenvalue weighted by Gasteiger charge is 2.36. The molecule has 0 aromatic carbocycles. The fourth-order valence-electron chi connectivity index (χ4n) is 4.30. The van der Waals surface area contributed by atoms with Gasteiger partial charge in [0.25, 0.3) is 5.91 Å². The van der Waals surface area contributed by atoms with Gasteiger partial charge in [-0.25, -0.2) is 18.4 Å². The van der Waals surface area contributed by atoms with Crippen molar-refractivity contribution in [3.05, 3.63) is 47.6 Å². The second kappa shape index (κ2) is 11.1.